The molecule has 1 N–H and O–H groups in total. The van der Waals surface area contributed by atoms with Crippen LogP contribution in [0.1, 0.15) is 33.2 Å². The van der Waals surface area contributed by atoms with E-state index in [1.807, 2.05) is 84.6 Å². The number of nitrogens with one attached hydrogen (secondary N) is 1. The summed E-state index contributed by atoms with van der Waals surface area (Å²) in [6.07, 6.45) is 0. The van der Waals surface area contributed by atoms with Gasteiger partial charge < -0.3 is 4.74 Å². The maximum atomic E-state index is 13.5. The van der Waals surface area contributed by atoms with Gasteiger partial charge in [-0.2, -0.15) is 5.10 Å². The Hall–Kier alpha value is -3.57. The molecule has 1 aliphatic rings. The van der Waals surface area contributed by atoms with Gasteiger partial charge in [0.15, 0.2) is 0 Å². The zero-order valence-corrected chi connectivity index (χ0v) is 17.9. The second-order valence-electron chi connectivity index (χ2n) is 7.55. The zero-order chi connectivity index (χ0) is 21.5. The molecule has 1 atom stereocenters. The number of aryl methyl sites for hydroxylation is 1. The quantitative estimate of drug-likeness (QED) is 0.446. The van der Waals surface area contributed by atoms with Crippen LogP contribution in [0, 0.1) is 6.92 Å². The van der Waals surface area contributed by atoms with Gasteiger partial charge in [-0.05, 0) is 48.9 Å². The zero-order valence-electron chi connectivity index (χ0n) is 17.1. The average molecular weight is 430 g/mol. The number of ether oxygens (including phenoxy) is 1. The molecule has 0 fully saturated rings. The van der Waals surface area contributed by atoms with Crippen molar-refractivity contribution in [2.45, 2.75) is 13.0 Å². The van der Waals surface area contributed by atoms with Gasteiger partial charge in [0.25, 0.3) is 5.91 Å². The van der Waals surface area contributed by atoms with E-state index in [1.165, 1.54) is 0 Å². The molecule has 3 aromatic carbocycles. The van der Waals surface area contributed by atoms with E-state index in [0.717, 1.165) is 39.4 Å². The smallest absolute Gasteiger partial charge is 0.277 e. The van der Waals surface area contributed by atoms with Gasteiger partial charge in [-0.15, -0.1) is 0 Å². The van der Waals surface area contributed by atoms with E-state index >= 15 is 0 Å². The molecule has 154 valence electrons. The number of benzene rings is 3. The maximum absolute atomic E-state index is 13.5. The number of aromatic amines is 1. The number of anilines is 1. The molecule has 0 bridgehead atoms. The van der Waals surface area contributed by atoms with E-state index < -0.39 is 0 Å². The molecule has 1 amide bonds. The molecule has 31 heavy (non-hydrogen) atoms. The molecule has 5 rings (SSSR count). The average Bonchev–Trinajstić information content (AvgIpc) is 3.34. The number of amides is 1. The fourth-order valence-corrected chi connectivity index (χ4v) is 4.17. The van der Waals surface area contributed by atoms with E-state index in [-0.39, 0.29) is 11.9 Å². The normalized spacial score (nSPS) is 15.3. The fourth-order valence-electron chi connectivity index (χ4n) is 4.05. The highest BCUT2D eigenvalue weighted by atomic mass is 35.5. The second kappa shape index (κ2) is 7.60. The van der Waals surface area contributed by atoms with Crippen LogP contribution in [-0.2, 0) is 0 Å². The number of halogens is 1. The summed E-state index contributed by atoms with van der Waals surface area (Å²) >= 11 is 6.08. The van der Waals surface area contributed by atoms with E-state index in [0.29, 0.717) is 10.7 Å². The summed E-state index contributed by atoms with van der Waals surface area (Å²) in [6, 6.07) is 23.0. The van der Waals surface area contributed by atoms with Crippen LogP contribution in [0.3, 0.4) is 0 Å². The second-order valence-corrected chi connectivity index (χ2v) is 7.99. The Morgan fingerprint density at radius 2 is 1.65 bits per heavy atom. The number of carbonyl (C=O) groups is 1. The Morgan fingerprint density at radius 3 is 2.29 bits per heavy atom. The Labute approximate surface area is 185 Å². The van der Waals surface area contributed by atoms with Crippen molar-refractivity contribution < 1.29 is 9.53 Å². The molecule has 5 nitrogen and oxygen atoms in total. The summed E-state index contributed by atoms with van der Waals surface area (Å²) in [4.78, 5) is 15.3. The number of fused-ring (bicyclic) bond motifs is 1. The molecular formula is C25H20ClN3O2. The van der Waals surface area contributed by atoms with Crippen LogP contribution in [0.5, 0.6) is 5.75 Å². The highest BCUT2D eigenvalue weighted by Gasteiger charge is 2.43. The summed E-state index contributed by atoms with van der Waals surface area (Å²) in [5.41, 5.74) is 5.96. The molecule has 4 aromatic rings. The first kappa shape index (κ1) is 19.4. The van der Waals surface area contributed by atoms with Crippen molar-refractivity contribution >= 4 is 23.2 Å². The van der Waals surface area contributed by atoms with Crippen molar-refractivity contribution in [2.24, 2.45) is 0 Å². The van der Waals surface area contributed by atoms with Gasteiger partial charge in [-0.1, -0.05) is 53.6 Å². The number of hydrogen-bond acceptors (Lipinski definition) is 3. The van der Waals surface area contributed by atoms with Crippen LogP contribution in [0.2, 0.25) is 5.02 Å². The summed E-state index contributed by atoms with van der Waals surface area (Å²) < 4.78 is 5.32. The van der Waals surface area contributed by atoms with Gasteiger partial charge in [0.2, 0.25) is 0 Å². The third-order valence-corrected chi connectivity index (χ3v) is 5.88. The Balaban J connectivity index is 1.70. The lowest BCUT2D eigenvalue weighted by atomic mass is 9.95. The van der Waals surface area contributed by atoms with E-state index in [2.05, 4.69) is 10.2 Å². The molecule has 2 heterocycles. The molecule has 0 radical (unpaired) electrons. The summed E-state index contributed by atoms with van der Waals surface area (Å²) in [5.74, 6) is 0.660. The molecule has 0 saturated carbocycles. The summed E-state index contributed by atoms with van der Waals surface area (Å²) in [5, 5.41) is 8.14. The highest BCUT2D eigenvalue weighted by molar-refractivity contribution is 6.30. The minimum absolute atomic E-state index is 0.104. The lowest BCUT2D eigenvalue weighted by molar-refractivity contribution is 0.0989. The molecule has 0 unspecified atom stereocenters. The van der Waals surface area contributed by atoms with Crippen LogP contribution < -0.4 is 9.64 Å². The predicted molar refractivity (Wildman–Crippen MR) is 122 cm³/mol. The fraction of sp³-hybridized carbons (Fsp3) is 0.120. The van der Waals surface area contributed by atoms with Gasteiger partial charge >= 0.3 is 0 Å². The molecule has 6 heteroatoms. The largest absolute Gasteiger partial charge is 0.497 e. The summed E-state index contributed by atoms with van der Waals surface area (Å²) in [7, 11) is 1.64. The van der Waals surface area contributed by atoms with Crippen LogP contribution >= 0.6 is 11.6 Å². The number of aromatic nitrogens is 2. The number of methoxy groups -OCH3 is 1. The van der Waals surface area contributed by atoms with Gasteiger partial charge in [0.1, 0.15) is 11.4 Å². The first-order valence-corrected chi connectivity index (χ1v) is 10.3. The number of H-pyrrole nitrogens is 1. The van der Waals surface area contributed by atoms with Crippen LogP contribution in [0.4, 0.5) is 5.69 Å². The topological polar surface area (TPSA) is 58.2 Å². The van der Waals surface area contributed by atoms with Crippen LogP contribution in [0.15, 0.2) is 72.8 Å². The van der Waals surface area contributed by atoms with Crippen molar-refractivity contribution in [1.29, 1.82) is 0 Å². The third kappa shape index (κ3) is 3.27. The van der Waals surface area contributed by atoms with Crippen molar-refractivity contribution in [2.75, 3.05) is 12.0 Å². The summed E-state index contributed by atoms with van der Waals surface area (Å²) in [6.45, 7) is 2.03. The van der Waals surface area contributed by atoms with Gasteiger partial charge in [-0.3, -0.25) is 14.8 Å². The molecule has 0 saturated heterocycles. The van der Waals surface area contributed by atoms with Gasteiger partial charge in [-0.25, -0.2) is 0 Å². The first-order valence-electron chi connectivity index (χ1n) is 9.95. The minimum Gasteiger partial charge on any atom is -0.497 e. The van der Waals surface area contributed by atoms with Crippen LogP contribution in [0.25, 0.3) is 11.3 Å². The number of rotatable bonds is 4. The Morgan fingerprint density at radius 1 is 0.968 bits per heavy atom. The van der Waals surface area contributed by atoms with E-state index in [1.54, 1.807) is 7.11 Å². The molecule has 0 aliphatic carbocycles. The van der Waals surface area contributed by atoms with Crippen molar-refractivity contribution in [3.63, 3.8) is 0 Å². The maximum Gasteiger partial charge on any atom is 0.277 e. The van der Waals surface area contributed by atoms with E-state index in [4.69, 9.17) is 16.3 Å². The lowest BCUT2D eigenvalue weighted by Crippen LogP contribution is -2.29. The monoisotopic (exact) mass is 429 g/mol. The standard InChI is InChI=1S/C25H20ClN3O2/c1-15-3-11-19(12-4-15)29-24(17-7-13-20(31-2)14-8-17)21-22(27-28-23(21)25(29)30)16-5-9-18(26)10-6-16/h3-14,24H,1-2H3,(H,27,28)/t24-/m1/s1. The molecule has 1 aromatic heterocycles. The van der Waals surface area contributed by atoms with Crippen molar-refractivity contribution in [1.82, 2.24) is 10.2 Å². The third-order valence-electron chi connectivity index (χ3n) is 5.63. The van der Waals surface area contributed by atoms with Crippen LogP contribution in [-0.4, -0.2) is 23.2 Å². The molecule has 1 aliphatic heterocycles. The highest BCUT2D eigenvalue weighted by Crippen LogP contribution is 2.45. The van der Waals surface area contributed by atoms with Crippen molar-refractivity contribution in [3.8, 4) is 17.0 Å². The molecule has 0 spiro atoms. The van der Waals surface area contributed by atoms with Crippen molar-refractivity contribution in [3.05, 3.63) is 100 Å². The minimum atomic E-state index is -0.319. The Bertz CT molecular complexity index is 1250. The Kier molecular flexibility index (Phi) is 4.75. The first-order chi connectivity index (χ1) is 15.1. The predicted octanol–water partition coefficient (Wildman–Crippen LogP) is 5.80. The SMILES string of the molecule is COc1ccc([C@@H]2c3c(-c4ccc(Cl)cc4)n[nH]c3C(=O)N2c2ccc(C)cc2)cc1. The number of hydrogen-bond donors (Lipinski definition) is 1. The van der Waals surface area contributed by atoms with Gasteiger partial charge in [0, 0.05) is 21.8 Å². The number of nitrogens with zero attached hydrogens (tertiary/aromatic N) is 2. The van der Waals surface area contributed by atoms with E-state index in [9.17, 15) is 4.79 Å². The lowest BCUT2D eigenvalue weighted by Gasteiger charge is -2.26. The molecular weight excluding hydrogens is 410 g/mol. The number of carbonyl (C=O) groups excluding carboxylic acids is 1. The van der Waals surface area contributed by atoms with Gasteiger partial charge in [0.05, 0.1) is 18.8 Å².